The molecule has 1 heteroatoms. The zero-order valence-corrected chi connectivity index (χ0v) is 20.8. The molecular formula is C29H48O. The molecule has 3 rings (SSSR count). The van der Waals surface area contributed by atoms with Gasteiger partial charge in [0.1, 0.15) is 0 Å². The van der Waals surface area contributed by atoms with Gasteiger partial charge in [-0.05, 0) is 85.0 Å². The standard InChI is InChI=1S/C29H48O/c1-20(2)10-8-11-22(4)27-28(5,6)19-26-23(12-9-17-29(26,27)7)14-15-24-18-25(30)16-13-21(24)3/h14-15,20,22,25-27,30H,3,8-13,16-19H2,1-2,4-7H3/b23-14+,24-15+/t22-,25+,26+,27-,29-/m1/s1. The molecule has 0 aromatic carbocycles. The zero-order valence-electron chi connectivity index (χ0n) is 20.8. The lowest BCUT2D eigenvalue weighted by Crippen LogP contribution is -2.39. The summed E-state index contributed by atoms with van der Waals surface area (Å²) in [5, 5.41) is 10.1. The van der Waals surface area contributed by atoms with E-state index in [4.69, 9.17) is 0 Å². The maximum absolute atomic E-state index is 10.1. The smallest absolute Gasteiger partial charge is 0.0583 e. The molecule has 3 aliphatic carbocycles. The molecular weight excluding hydrogens is 364 g/mol. The molecule has 0 aliphatic heterocycles. The Morgan fingerprint density at radius 3 is 2.53 bits per heavy atom. The van der Waals surface area contributed by atoms with E-state index in [1.54, 1.807) is 5.57 Å². The van der Waals surface area contributed by atoms with E-state index in [9.17, 15) is 5.11 Å². The van der Waals surface area contributed by atoms with Gasteiger partial charge in [-0.3, -0.25) is 0 Å². The quantitative estimate of drug-likeness (QED) is 0.465. The summed E-state index contributed by atoms with van der Waals surface area (Å²) in [7, 11) is 0. The normalized spacial score (nSPS) is 37.7. The molecule has 0 spiro atoms. The van der Waals surface area contributed by atoms with E-state index in [1.807, 2.05) is 0 Å². The lowest BCUT2D eigenvalue weighted by Gasteiger charge is -2.46. The summed E-state index contributed by atoms with van der Waals surface area (Å²) in [6, 6.07) is 0. The van der Waals surface area contributed by atoms with Crippen LogP contribution >= 0.6 is 0 Å². The van der Waals surface area contributed by atoms with Gasteiger partial charge < -0.3 is 5.11 Å². The highest BCUT2D eigenvalue weighted by molar-refractivity contribution is 5.36. The van der Waals surface area contributed by atoms with Crippen LogP contribution in [0.1, 0.15) is 106 Å². The van der Waals surface area contributed by atoms with E-state index < -0.39 is 0 Å². The predicted molar refractivity (Wildman–Crippen MR) is 130 cm³/mol. The molecule has 0 radical (unpaired) electrons. The van der Waals surface area contributed by atoms with E-state index >= 15 is 0 Å². The molecule has 0 amide bonds. The minimum atomic E-state index is -0.182. The van der Waals surface area contributed by atoms with Gasteiger partial charge in [0, 0.05) is 0 Å². The van der Waals surface area contributed by atoms with Crippen LogP contribution in [0.5, 0.6) is 0 Å². The molecule has 0 heterocycles. The van der Waals surface area contributed by atoms with Crippen LogP contribution < -0.4 is 0 Å². The third-order valence-electron chi connectivity index (χ3n) is 8.90. The van der Waals surface area contributed by atoms with Gasteiger partial charge in [0.2, 0.25) is 0 Å². The summed E-state index contributed by atoms with van der Waals surface area (Å²) >= 11 is 0. The number of hydrogen-bond acceptors (Lipinski definition) is 1. The summed E-state index contributed by atoms with van der Waals surface area (Å²) in [5.41, 5.74) is 5.04. The zero-order chi connectivity index (χ0) is 22.1. The van der Waals surface area contributed by atoms with Crippen molar-refractivity contribution in [3.63, 3.8) is 0 Å². The van der Waals surface area contributed by atoms with Gasteiger partial charge in [0.15, 0.2) is 0 Å². The van der Waals surface area contributed by atoms with Gasteiger partial charge in [-0.25, -0.2) is 0 Å². The van der Waals surface area contributed by atoms with Crippen molar-refractivity contribution in [2.45, 2.75) is 112 Å². The highest BCUT2D eigenvalue weighted by atomic mass is 16.3. The second-order valence-corrected chi connectivity index (χ2v) is 12.3. The van der Waals surface area contributed by atoms with Crippen LogP contribution in [-0.4, -0.2) is 11.2 Å². The Labute approximate surface area is 187 Å². The minimum Gasteiger partial charge on any atom is -0.393 e. The van der Waals surface area contributed by atoms with E-state index in [0.29, 0.717) is 10.8 Å². The predicted octanol–water partition coefficient (Wildman–Crippen LogP) is 8.26. The van der Waals surface area contributed by atoms with Crippen LogP contribution in [0.25, 0.3) is 0 Å². The van der Waals surface area contributed by atoms with Gasteiger partial charge >= 0.3 is 0 Å². The first kappa shape index (κ1) is 23.8. The number of hydrogen-bond donors (Lipinski definition) is 1. The largest absolute Gasteiger partial charge is 0.393 e. The van der Waals surface area contributed by atoms with Crippen molar-refractivity contribution in [1.29, 1.82) is 0 Å². The molecule has 30 heavy (non-hydrogen) atoms. The molecule has 1 nitrogen and oxygen atoms in total. The van der Waals surface area contributed by atoms with Crippen LogP contribution in [0.15, 0.2) is 35.5 Å². The number of aliphatic hydroxyl groups is 1. The highest BCUT2D eigenvalue weighted by Crippen LogP contribution is 2.66. The van der Waals surface area contributed by atoms with Gasteiger partial charge in [-0.2, -0.15) is 0 Å². The Morgan fingerprint density at radius 2 is 1.83 bits per heavy atom. The van der Waals surface area contributed by atoms with Crippen LogP contribution in [-0.2, 0) is 0 Å². The summed E-state index contributed by atoms with van der Waals surface area (Å²) in [4.78, 5) is 0. The summed E-state index contributed by atoms with van der Waals surface area (Å²) in [6.07, 6.45) is 16.6. The average molecular weight is 413 g/mol. The molecule has 5 atom stereocenters. The SMILES string of the molecule is C=C1CC[C@H](O)C/C1=C\C=C1/CCC[C@@]2(C)[C@H]([C@H](C)CCCC(C)C)C(C)(C)C[C@@H]12. The van der Waals surface area contributed by atoms with Crippen molar-refractivity contribution >= 4 is 0 Å². The van der Waals surface area contributed by atoms with E-state index in [-0.39, 0.29) is 6.10 Å². The first-order chi connectivity index (χ1) is 14.0. The first-order valence-electron chi connectivity index (χ1n) is 12.8. The van der Waals surface area contributed by atoms with E-state index in [0.717, 1.165) is 42.9 Å². The monoisotopic (exact) mass is 412 g/mol. The van der Waals surface area contributed by atoms with Crippen LogP contribution in [0, 0.1) is 34.5 Å². The van der Waals surface area contributed by atoms with Crippen molar-refractivity contribution < 1.29 is 5.11 Å². The molecule has 3 aliphatic rings. The van der Waals surface area contributed by atoms with Crippen molar-refractivity contribution in [1.82, 2.24) is 0 Å². The minimum absolute atomic E-state index is 0.182. The maximum atomic E-state index is 10.1. The molecule has 0 aromatic heterocycles. The van der Waals surface area contributed by atoms with Crippen LogP contribution in [0.4, 0.5) is 0 Å². The first-order valence-corrected chi connectivity index (χ1v) is 12.8. The number of fused-ring (bicyclic) bond motifs is 1. The Morgan fingerprint density at radius 1 is 1.10 bits per heavy atom. The number of rotatable bonds is 6. The molecule has 3 fully saturated rings. The molecule has 1 N–H and O–H groups in total. The van der Waals surface area contributed by atoms with Gasteiger partial charge in [0.05, 0.1) is 6.10 Å². The van der Waals surface area contributed by atoms with Crippen LogP contribution in [0.2, 0.25) is 0 Å². The summed E-state index contributed by atoms with van der Waals surface area (Å²) < 4.78 is 0. The molecule has 3 saturated carbocycles. The fourth-order valence-corrected chi connectivity index (χ4v) is 7.76. The van der Waals surface area contributed by atoms with Crippen molar-refractivity contribution in [3.05, 3.63) is 35.5 Å². The van der Waals surface area contributed by atoms with Crippen molar-refractivity contribution in [2.75, 3.05) is 0 Å². The van der Waals surface area contributed by atoms with Crippen LogP contribution in [0.3, 0.4) is 0 Å². The lowest BCUT2D eigenvalue weighted by atomic mass is 9.58. The second kappa shape index (κ2) is 9.35. The topological polar surface area (TPSA) is 20.2 Å². The Kier molecular flexibility index (Phi) is 7.43. The lowest BCUT2D eigenvalue weighted by molar-refractivity contribution is 0.0465. The van der Waals surface area contributed by atoms with Gasteiger partial charge in [0.25, 0.3) is 0 Å². The average Bonchev–Trinajstić information content (AvgIpc) is 2.87. The fraction of sp³-hybridized carbons (Fsp3) is 0.793. The molecule has 0 aromatic rings. The maximum Gasteiger partial charge on any atom is 0.0583 e. The molecule has 0 unspecified atom stereocenters. The highest BCUT2D eigenvalue weighted by Gasteiger charge is 2.58. The fourth-order valence-electron chi connectivity index (χ4n) is 7.76. The summed E-state index contributed by atoms with van der Waals surface area (Å²) in [5.74, 6) is 3.16. The second-order valence-electron chi connectivity index (χ2n) is 12.3. The van der Waals surface area contributed by atoms with Gasteiger partial charge in [-0.15, -0.1) is 0 Å². The Hall–Kier alpha value is -0.820. The van der Waals surface area contributed by atoms with Crippen molar-refractivity contribution in [3.8, 4) is 0 Å². The van der Waals surface area contributed by atoms with E-state index in [2.05, 4.69) is 60.3 Å². The molecule has 0 saturated heterocycles. The third kappa shape index (κ3) is 4.98. The Bertz CT molecular complexity index is 678. The summed E-state index contributed by atoms with van der Waals surface area (Å²) in [6.45, 7) is 19.3. The third-order valence-corrected chi connectivity index (χ3v) is 8.90. The Balaban J connectivity index is 1.81. The van der Waals surface area contributed by atoms with E-state index in [1.165, 1.54) is 56.1 Å². The number of allylic oxidation sites excluding steroid dienone is 4. The molecule has 170 valence electrons. The number of aliphatic hydroxyl groups excluding tert-OH is 1. The van der Waals surface area contributed by atoms with Crippen molar-refractivity contribution in [2.24, 2.45) is 34.5 Å². The van der Waals surface area contributed by atoms with Gasteiger partial charge in [-0.1, -0.05) is 90.7 Å². The molecule has 0 bridgehead atoms.